The van der Waals surface area contributed by atoms with E-state index in [0.717, 1.165) is 18.7 Å². The molecule has 1 saturated carbocycles. The predicted molar refractivity (Wildman–Crippen MR) is 81.8 cm³/mol. The maximum Gasteiger partial charge on any atom is 0.227 e. The summed E-state index contributed by atoms with van der Waals surface area (Å²) in [5, 5.41) is 13.5. The minimum absolute atomic E-state index is 0.00390. The molecule has 7 nitrogen and oxygen atoms in total. The number of nitrogens with zero attached hydrogens (tertiary/aromatic N) is 3. The monoisotopic (exact) mass is 323 g/mol. The number of amides is 1. The SMILES string of the molecule is CO[C@@H]1C[C@@H](CO)N(C(=O)CCc2nc(C3CCCC3)no2)C1. The molecule has 2 heterocycles. The first-order chi connectivity index (χ1) is 11.2. The normalized spacial score (nSPS) is 25.4. The van der Waals surface area contributed by atoms with Gasteiger partial charge in [0.1, 0.15) is 0 Å². The van der Waals surface area contributed by atoms with Gasteiger partial charge in [0.05, 0.1) is 18.8 Å². The molecule has 128 valence electrons. The lowest BCUT2D eigenvalue weighted by atomic mass is 10.1. The smallest absolute Gasteiger partial charge is 0.227 e. The quantitative estimate of drug-likeness (QED) is 0.848. The highest BCUT2D eigenvalue weighted by Crippen LogP contribution is 2.32. The summed E-state index contributed by atoms with van der Waals surface area (Å²) in [4.78, 5) is 18.5. The van der Waals surface area contributed by atoms with E-state index in [4.69, 9.17) is 9.26 Å². The summed E-state index contributed by atoms with van der Waals surface area (Å²) in [7, 11) is 1.63. The Bertz CT molecular complexity index is 527. The lowest BCUT2D eigenvalue weighted by Crippen LogP contribution is -2.38. The first kappa shape index (κ1) is 16.4. The van der Waals surface area contributed by atoms with Crippen molar-refractivity contribution in [3.05, 3.63) is 11.7 Å². The molecule has 0 spiro atoms. The van der Waals surface area contributed by atoms with Crippen LogP contribution in [-0.4, -0.2) is 58.5 Å². The zero-order valence-corrected chi connectivity index (χ0v) is 13.6. The number of aromatic nitrogens is 2. The summed E-state index contributed by atoms with van der Waals surface area (Å²) in [5.74, 6) is 1.74. The minimum Gasteiger partial charge on any atom is -0.394 e. The predicted octanol–water partition coefficient (Wildman–Crippen LogP) is 1.27. The first-order valence-electron chi connectivity index (χ1n) is 8.47. The summed E-state index contributed by atoms with van der Waals surface area (Å²) in [6.45, 7) is 0.510. The molecule has 1 aliphatic carbocycles. The van der Waals surface area contributed by atoms with E-state index in [1.165, 1.54) is 12.8 Å². The molecule has 1 amide bonds. The van der Waals surface area contributed by atoms with E-state index >= 15 is 0 Å². The Balaban J connectivity index is 1.52. The fraction of sp³-hybridized carbons (Fsp3) is 0.812. The molecule has 0 radical (unpaired) electrons. The summed E-state index contributed by atoms with van der Waals surface area (Å²) in [6.07, 6.45) is 6.17. The number of aliphatic hydroxyl groups is 1. The first-order valence-corrected chi connectivity index (χ1v) is 8.47. The van der Waals surface area contributed by atoms with Crippen molar-refractivity contribution in [3.63, 3.8) is 0 Å². The van der Waals surface area contributed by atoms with Gasteiger partial charge in [-0.05, 0) is 19.3 Å². The molecule has 3 rings (SSSR count). The maximum atomic E-state index is 12.4. The molecular weight excluding hydrogens is 298 g/mol. The maximum absolute atomic E-state index is 12.4. The van der Waals surface area contributed by atoms with Crippen LogP contribution in [0.4, 0.5) is 0 Å². The van der Waals surface area contributed by atoms with Crippen molar-refractivity contribution in [1.29, 1.82) is 0 Å². The molecule has 1 saturated heterocycles. The standard InChI is InChI=1S/C16H25N3O4/c1-22-13-8-12(10-20)19(9-13)15(21)7-6-14-17-16(18-23-14)11-4-2-3-5-11/h11-13,20H,2-10H2,1H3/t12-,13+/m0/s1. The summed E-state index contributed by atoms with van der Waals surface area (Å²) < 4.78 is 10.6. The molecule has 2 fully saturated rings. The second-order valence-corrected chi connectivity index (χ2v) is 6.50. The molecule has 1 aliphatic heterocycles. The zero-order chi connectivity index (χ0) is 16.2. The highest BCUT2D eigenvalue weighted by atomic mass is 16.5. The molecule has 7 heteroatoms. The number of methoxy groups -OCH3 is 1. The lowest BCUT2D eigenvalue weighted by Gasteiger charge is -2.22. The van der Waals surface area contributed by atoms with Gasteiger partial charge in [0.25, 0.3) is 0 Å². The average Bonchev–Trinajstić information content (AvgIpc) is 3.31. The van der Waals surface area contributed by atoms with Crippen LogP contribution in [0.15, 0.2) is 4.52 Å². The zero-order valence-electron chi connectivity index (χ0n) is 13.6. The Labute approximate surface area is 136 Å². The Morgan fingerprint density at radius 1 is 1.43 bits per heavy atom. The third kappa shape index (κ3) is 3.72. The van der Waals surface area contributed by atoms with Crippen LogP contribution in [0.3, 0.4) is 0 Å². The van der Waals surface area contributed by atoms with Crippen molar-refractivity contribution in [2.24, 2.45) is 0 Å². The summed E-state index contributed by atoms with van der Waals surface area (Å²) in [5.41, 5.74) is 0. The fourth-order valence-electron chi connectivity index (χ4n) is 3.60. The second-order valence-electron chi connectivity index (χ2n) is 6.50. The van der Waals surface area contributed by atoms with E-state index < -0.39 is 0 Å². The van der Waals surface area contributed by atoms with E-state index in [1.807, 2.05) is 0 Å². The Morgan fingerprint density at radius 3 is 2.91 bits per heavy atom. The van der Waals surface area contributed by atoms with Crippen molar-refractivity contribution in [2.75, 3.05) is 20.3 Å². The van der Waals surface area contributed by atoms with Crippen molar-refractivity contribution in [2.45, 2.75) is 63.0 Å². The molecule has 1 N–H and O–H groups in total. The average molecular weight is 323 g/mol. The molecule has 2 atom stereocenters. The van der Waals surface area contributed by atoms with Gasteiger partial charge in [-0.25, -0.2) is 0 Å². The number of carbonyl (C=O) groups is 1. The Hall–Kier alpha value is -1.47. The van der Waals surface area contributed by atoms with Gasteiger partial charge in [0, 0.05) is 32.4 Å². The third-order valence-electron chi connectivity index (χ3n) is 5.00. The second kappa shape index (κ2) is 7.40. The molecule has 1 aromatic heterocycles. The van der Waals surface area contributed by atoms with Gasteiger partial charge in [-0.2, -0.15) is 4.98 Å². The van der Waals surface area contributed by atoms with Crippen molar-refractivity contribution in [3.8, 4) is 0 Å². The highest BCUT2D eigenvalue weighted by molar-refractivity contribution is 5.77. The Morgan fingerprint density at radius 2 is 2.22 bits per heavy atom. The van der Waals surface area contributed by atoms with E-state index in [-0.39, 0.29) is 24.7 Å². The van der Waals surface area contributed by atoms with Crippen LogP contribution in [0.1, 0.15) is 56.2 Å². The number of hydrogen-bond donors (Lipinski definition) is 1. The number of likely N-dealkylation sites (tertiary alicyclic amines) is 1. The van der Waals surface area contributed by atoms with E-state index in [2.05, 4.69) is 10.1 Å². The van der Waals surface area contributed by atoms with Gasteiger partial charge in [0.2, 0.25) is 11.8 Å². The molecular formula is C16H25N3O4. The van der Waals surface area contributed by atoms with E-state index in [9.17, 15) is 9.90 Å². The summed E-state index contributed by atoms with van der Waals surface area (Å²) >= 11 is 0. The van der Waals surface area contributed by atoms with Gasteiger partial charge < -0.3 is 19.3 Å². The van der Waals surface area contributed by atoms with Crippen LogP contribution >= 0.6 is 0 Å². The van der Waals surface area contributed by atoms with Crippen LogP contribution in [0.5, 0.6) is 0 Å². The van der Waals surface area contributed by atoms with Crippen molar-refractivity contribution < 1.29 is 19.2 Å². The highest BCUT2D eigenvalue weighted by Gasteiger charge is 2.34. The number of ether oxygens (including phenoxy) is 1. The number of rotatable bonds is 6. The molecule has 0 bridgehead atoms. The van der Waals surface area contributed by atoms with E-state index in [0.29, 0.717) is 37.6 Å². The van der Waals surface area contributed by atoms with Crippen LogP contribution in [-0.2, 0) is 16.0 Å². The van der Waals surface area contributed by atoms with Gasteiger partial charge >= 0.3 is 0 Å². The number of hydrogen-bond acceptors (Lipinski definition) is 6. The minimum atomic E-state index is -0.149. The van der Waals surface area contributed by atoms with Crippen molar-refractivity contribution in [1.82, 2.24) is 15.0 Å². The topological polar surface area (TPSA) is 88.7 Å². The largest absolute Gasteiger partial charge is 0.394 e. The van der Waals surface area contributed by atoms with Crippen LogP contribution in [0.2, 0.25) is 0 Å². The molecule has 0 aromatic carbocycles. The van der Waals surface area contributed by atoms with Crippen LogP contribution in [0.25, 0.3) is 0 Å². The number of aryl methyl sites for hydroxylation is 1. The molecule has 23 heavy (non-hydrogen) atoms. The molecule has 0 unspecified atom stereocenters. The number of carbonyl (C=O) groups excluding carboxylic acids is 1. The van der Waals surface area contributed by atoms with Crippen LogP contribution in [0, 0.1) is 0 Å². The molecule has 1 aromatic rings. The number of aliphatic hydroxyl groups excluding tert-OH is 1. The summed E-state index contributed by atoms with van der Waals surface area (Å²) in [6, 6.07) is -0.149. The fourth-order valence-corrected chi connectivity index (χ4v) is 3.60. The third-order valence-corrected chi connectivity index (χ3v) is 5.00. The van der Waals surface area contributed by atoms with Gasteiger partial charge in [0.15, 0.2) is 5.82 Å². The van der Waals surface area contributed by atoms with E-state index in [1.54, 1.807) is 12.0 Å². The lowest BCUT2D eigenvalue weighted by molar-refractivity contribution is -0.133. The van der Waals surface area contributed by atoms with Crippen LogP contribution < -0.4 is 0 Å². The van der Waals surface area contributed by atoms with Gasteiger partial charge in [-0.1, -0.05) is 18.0 Å². The Kier molecular flexibility index (Phi) is 5.27. The van der Waals surface area contributed by atoms with Gasteiger partial charge in [-0.3, -0.25) is 4.79 Å². The van der Waals surface area contributed by atoms with Crippen molar-refractivity contribution >= 4 is 5.91 Å². The van der Waals surface area contributed by atoms with Gasteiger partial charge in [-0.15, -0.1) is 0 Å². The molecule has 2 aliphatic rings.